The molecule has 6 nitrogen and oxygen atoms in total. The number of primary amides is 1. The number of alkyl halides is 3. The predicted molar refractivity (Wildman–Crippen MR) is 119 cm³/mol. The van der Waals surface area contributed by atoms with E-state index in [4.69, 9.17) is 11.5 Å². The maximum absolute atomic E-state index is 12.8. The highest BCUT2D eigenvalue weighted by Crippen LogP contribution is 2.34. The van der Waals surface area contributed by atoms with Crippen LogP contribution in [0.25, 0.3) is 27.6 Å². The topological polar surface area (TPSA) is 91.9 Å². The van der Waals surface area contributed by atoms with Crippen LogP contribution < -0.4 is 11.5 Å². The molecule has 164 valence electrons. The molecule has 0 aliphatic carbocycles. The number of carbonyl (C=O) groups excluding carboxylic acids is 1. The zero-order valence-electron chi connectivity index (χ0n) is 17.0. The minimum atomic E-state index is -4.39. The number of amides is 1. The molecule has 2 heterocycles. The first kappa shape index (κ1) is 22.7. The predicted octanol–water partition coefficient (Wildman–Crippen LogP) is 3.94. The summed E-state index contributed by atoms with van der Waals surface area (Å²) in [6.45, 7) is 0.807. The Bertz CT molecular complexity index is 1210. The molecule has 4 rings (SSSR count). The first-order valence-corrected chi connectivity index (χ1v) is 10.7. The Morgan fingerprint density at radius 1 is 1.13 bits per heavy atom. The summed E-state index contributed by atoms with van der Waals surface area (Å²) in [6, 6.07) is 9.85. The summed E-state index contributed by atoms with van der Waals surface area (Å²) < 4.78 is 41.8. The molecule has 0 bridgehead atoms. The quantitative estimate of drug-likeness (QED) is 0.494. The Morgan fingerprint density at radius 3 is 2.32 bits per heavy atom. The first-order valence-electron chi connectivity index (χ1n) is 9.31. The second-order valence-corrected chi connectivity index (χ2v) is 7.78. The summed E-state index contributed by atoms with van der Waals surface area (Å²) in [7, 11) is 1.75. The van der Waals surface area contributed by atoms with Gasteiger partial charge in [0.05, 0.1) is 11.1 Å². The van der Waals surface area contributed by atoms with E-state index in [9.17, 15) is 18.0 Å². The first-order chi connectivity index (χ1) is 14.7. The van der Waals surface area contributed by atoms with Crippen molar-refractivity contribution in [2.24, 2.45) is 18.5 Å². The highest BCUT2D eigenvalue weighted by atomic mass is 32.2. The van der Waals surface area contributed by atoms with Crippen LogP contribution in [-0.2, 0) is 13.2 Å². The van der Waals surface area contributed by atoms with E-state index in [1.54, 1.807) is 52.5 Å². The van der Waals surface area contributed by atoms with Crippen LogP contribution in [0.2, 0.25) is 0 Å². The van der Waals surface area contributed by atoms with Gasteiger partial charge < -0.3 is 11.5 Å². The molecule has 2 aromatic heterocycles. The standard InChI is InChI=1S/C18H13F3N4O.C3H9NS/c1-24-9-14-13-8-10(16(22)26)2-7-15(13)25(17(14)23-24)12-5-3-11(4-6-12)18(19,20)21;1-5-3-2-4/h2-9H,1H3,(H2,22,26);2-4H2,1H3. The summed E-state index contributed by atoms with van der Waals surface area (Å²) >= 11 is 1.78. The van der Waals surface area contributed by atoms with Gasteiger partial charge >= 0.3 is 6.18 Å². The van der Waals surface area contributed by atoms with E-state index in [-0.39, 0.29) is 0 Å². The molecule has 10 heteroatoms. The fourth-order valence-electron chi connectivity index (χ4n) is 3.22. The summed E-state index contributed by atoms with van der Waals surface area (Å²) in [5, 5.41) is 5.95. The lowest BCUT2D eigenvalue weighted by molar-refractivity contribution is -0.137. The van der Waals surface area contributed by atoms with Crippen LogP contribution in [0.3, 0.4) is 0 Å². The number of halogens is 3. The molecule has 0 saturated heterocycles. The summed E-state index contributed by atoms with van der Waals surface area (Å²) in [4.78, 5) is 11.5. The molecule has 0 atom stereocenters. The summed E-state index contributed by atoms with van der Waals surface area (Å²) in [6.07, 6.45) is -0.552. The van der Waals surface area contributed by atoms with Gasteiger partial charge in [0.25, 0.3) is 0 Å². The largest absolute Gasteiger partial charge is 0.416 e. The number of hydrogen-bond acceptors (Lipinski definition) is 4. The number of aromatic nitrogens is 3. The number of rotatable bonds is 4. The molecule has 0 unspecified atom stereocenters. The highest BCUT2D eigenvalue weighted by molar-refractivity contribution is 7.98. The molecule has 4 aromatic rings. The van der Waals surface area contributed by atoms with E-state index in [0.717, 1.165) is 40.7 Å². The van der Waals surface area contributed by atoms with Crippen molar-refractivity contribution in [2.45, 2.75) is 6.18 Å². The maximum atomic E-state index is 12.8. The van der Waals surface area contributed by atoms with Crippen LogP contribution in [0.5, 0.6) is 0 Å². The van der Waals surface area contributed by atoms with Crippen LogP contribution in [0, 0.1) is 0 Å². The summed E-state index contributed by atoms with van der Waals surface area (Å²) in [5.41, 5.74) is 12.0. The SMILES string of the molecule is CSCCN.Cn1cc2c3cc(C(N)=O)ccc3n(-c3ccc(C(F)(F)F)cc3)c2n1. The number of benzene rings is 2. The van der Waals surface area contributed by atoms with Crippen LogP contribution in [0.15, 0.2) is 48.7 Å². The van der Waals surface area contributed by atoms with Crippen LogP contribution in [0.4, 0.5) is 13.2 Å². The zero-order chi connectivity index (χ0) is 22.8. The number of carbonyl (C=O) groups is 1. The smallest absolute Gasteiger partial charge is 0.366 e. The number of thioether (sulfide) groups is 1. The third-order valence-corrected chi connectivity index (χ3v) is 5.25. The van der Waals surface area contributed by atoms with Crippen LogP contribution in [0.1, 0.15) is 15.9 Å². The van der Waals surface area contributed by atoms with E-state index >= 15 is 0 Å². The zero-order valence-corrected chi connectivity index (χ0v) is 17.8. The Kier molecular flexibility index (Phi) is 6.61. The van der Waals surface area contributed by atoms with Gasteiger partial charge in [0.15, 0.2) is 5.65 Å². The van der Waals surface area contributed by atoms with Gasteiger partial charge in [-0.3, -0.25) is 14.0 Å². The Hall–Kier alpha value is -2.98. The number of aryl methyl sites for hydroxylation is 1. The van der Waals surface area contributed by atoms with E-state index in [2.05, 4.69) is 5.10 Å². The average molecular weight is 450 g/mol. The van der Waals surface area contributed by atoms with Crippen molar-refractivity contribution in [3.05, 3.63) is 59.8 Å². The van der Waals surface area contributed by atoms with Gasteiger partial charge in [0.2, 0.25) is 5.91 Å². The van der Waals surface area contributed by atoms with Gasteiger partial charge in [-0.05, 0) is 48.7 Å². The molecule has 0 spiro atoms. The van der Waals surface area contributed by atoms with E-state index < -0.39 is 17.6 Å². The second-order valence-electron chi connectivity index (χ2n) is 6.80. The molecular formula is C21H22F3N5OS. The van der Waals surface area contributed by atoms with Gasteiger partial charge in [-0.2, -0.15) is 30.0 Å². The summed E-state index contributed by atoms with van der Waals surface area (Å²) in [5.74, 6) is 0.534. The fraction of sp³-hybridized carbons (Fsp3) is 0.238. The maximum Gasteiger partial charge on any atom is 0.416 e. The van der Waals surface area contributed by atoms with E-state index in [1.807, 2.05) is 6.26 Å². The Morgan fingerprint density at radius 2 is 1.81 bits per heavy atom. The van der Waals surface area contributed by atoms with E-state index in [1.165, 1.54) is 12.1 Å². The van der Waals surface area contributed by atoms with Gasteiger partial charge in [0, 0.05) is 47.6 Å². The minimum absolute atomic E-state index is 0.354. The molecule has 0 radical (unpaired) electrons. The van der Waals surface area contributed by atoms with Crippen LogP contribution in [-0.4, -0.2) is 38.8 Å². The molecular weight excluding hydrogens is 427 g/mol. The number of hydrogen-bond donors (Lipinski definition) is 2. The molecule has 2 aromatic carbocycles. The molecule has 1 amide bonds. The van der Waals surface area contributed by atoms with Gasteiger partial charge in [-0.25, -0.2) is 0 Å². The Labute approximate surface area is 181 Å². The van der Waals surface area contributed by atoms with Crippen molar-refractivity contribution in [1.29, 1.82) is 0 Å². The van der Waals surface area contributed by atoms with Crippen molar-refractivity contribution in [3.63, 3.8) is 0 Å². The molecule has 0 saturated carbocycles. The van der Waals surface area contributed by atoms with Gasteiger partial charge in [0.1, 0.15) is 0 Å². The van der Waals surface area contributed by atoms with Crippen molar-refractivity contribution in [2.75, 3.05) is 18.6 Å². The molecule has 31 heavy (non-hydrogen) atoms. The second kappa shape index (κ2) is 9.03. The molecule has 0 aliphatic heterocycles. The van der Waals surface area contributed by atoms with Gasteiger partial charge in [-0.1, -0.05) is 0 Å². The third kappa shape index (κ3) is 4.70. The van der Waals surface area contributed by atoms with Crippen LogP contribution >= 0.6 is 11.8 Å². The monoisotopic (exact) mass is 449 g/mol. The number of fused-ring (bicyclic) bond motifs is 3. The van der Waals surface area contributed by atoms with E-state index in [0.29, 0.717) is 16.9 Å². The lowest BCUT2D eigenvalue weighted by Gasteiger charge is -2.10. The van der Waals surface area contributed by atoms with Crippen molar-refractivity contribution >= 4 is 39.6 Å². The Balaban J connectivity index is 0.000000491. The van der Waals surface area contributed by atoms with Crippen molar-refractivity contribution in [1.82, 2.24) is 14.3 Å². The fourth-order valence-corrected chi connectivity index (χ4v) is 3.46. The normalized spacial score (nSPS) is 11.5. The average Bonchev–Trinajstić information content (AvgIpc) is 3.23. The van der Waals surface area contributed by atoms with Crippen molar-refractivity contribution < 1.29 is 18.0 Å². The lowest BCUT2D eigenvalue weighted by Crippen LogP contribution is -2.10. The minimum Gasteiger partial charge on any atom is -0.366 e. The third-order valence-electron chi connectivity index (χ3n) is 4.61. The van der Waals surface area contributed by atoms with Gasteiger partial charge in [-0.15, -0.1) is 0 Å². The highest BCUT2D eigenvalue weighted by Gasteiger charge is 2.30. The number of nitrogens with two attached hydrogens (primary N) is 2. The number of nitrogens with zero attached hydrogens (tertiary/aromatic N) is 3. The lowest BCUT2D eigenvalue weighted by atomic mass is 10.1. The molecule has 4 N–H and O–H groups in total. The van der Waals surface area contributed by atoms with Crippen molar-refractivity contribution in [3.8, 4) is 5.69 Å². The molecule has 0 fully saturated rings. The molecule has 0 aliphatic rings.